The van der Waals surface area contributed by atoms with Crippen molar-refractivity contribution in [3.8, 4) is 17.7 Å². The lowest BCUT2D eigenvalue weighted by Gasteiger charge is -2.24. The van der Waals surface area contributed by atoms with Gasteiger partial charge in [0.05, 0.1) is 10.9 Å². The molecule has 0 fully saturated rings. The molecule has 0 saturated heterocycles. The number of aromatic nitrogens is 2. The fraction of sp³-hybridized carbons (Fsp3) is 0.143. The molecule has 3 aromatic rings. The lowest BCUT2D eigenvalue weighted by atomic mass is 9.84. The first-order valence-electron chi connectivity index (χ1n) is 8.77. The van der Waals surface area contributed by atoms with Crippen LogP contribution in [0, 0.1) is 24.1 Å². The number of fused-ring (bicyclic) bond motifs is 1. The van der Waals surface area contributed by atoms with Gasteiger partial charge in [0.25, 0.3) is 0 Å². The zero-order valence-electron chi connectivity index (χ0n) is 15.4. The standard InChI is InChI=1S/C21H16ClFN4O2/c1-11-18-19(14(9-24)20(25)29-21(18)27-26-11)12-6-7-17(15(22)8-12)28-10-13-4-2-3-5-16(13)23/h2-8,19H,10,25H2,1H3,(H,26,27)/t19-/m0/s1. The van der Waals surface area contributed by atoms with E-state index in [0.29, 0.717) is 22.2 Å². The molecule has 0 amide bonds. The number of benzene rings is 2. The Balaban J connectivity index is 1.66. The van der Waals surface area contributed by atoms with Crippen LogP contribution >= 0.6 is 11.6 Å². The number of rotatable bonds is 4. The van der Waals surface area contributed by atoms with Crippen LogP contribution in [0.1, 0.15) is 28.3 Å². The highest BCUT2D eigenvalue weighted by molar-refractivity contribution is 6.32. The fourth-order valence-corrected chi connectivity index (χ4v) is 3.56. The van der Waals surface area contributed by atoms with E-state index >= 15 is 0 Å². The lowest BCUT2D eigenvalue weighted by molar-refractivity contribution is 0.300. The number of H-pyrrole nitrogens is 1. The van der Waals surface area contributed by atoms with Crippen molar-refractivity contribution in [2.24, 2.45) is 5.73 Å². The van der Waals surface area contributed by atoms with Crippen molar-refractivity contribution in [1.29, 1.82) is 5.26 Å². The van der Waals surface area contributed by atoms with Crippen LogP contribution in [-0.4, -0.2) is 10.2 Å². The van der Waals surface area contributed by atoms with Gasteiger partial charge in [-0.25, -0.2) is 4.39 Å². The number of hydrogen-bond donors (Lipinski definition) is 2. The van der Waals surface area contributed by atoms with Crippen LogP contribution in [0.3, 0.4) is 0 Å². The predicted molar refractivity (Wildman–Crippen MR) is 105 cm³/mol. The van der Waals surface area contributed by atoms with Gasteiger partial charge in [-0.15, -0.1) is 5.10 Å². The quantitative estimate of drug-likeness (QED) is 0.668. The van der Waals surface area contributed by atoms with E-state index in [4.69, 9.17) is 26.8 Å². The fourth-order valence-electron chi connectivity index (χ4n) is 3.32. The van der Waals surface area contributed by atoms with Crippen molar-refractivity contribution in [1.82, 2.24) is 10.2 Å². The zero-order valence-corrected chi connectivity index (χ0v) is 16.1. The SMILES string of the molecule is Cc1[nH]nc2c1[C@@H](c1ccc(OCc3ccccc3F)c(Cl)c1)C(C#N)=C(N)O2. The molecule has 1 atom stereocenters. The van der Waals surface area contributed by atoms with Crippen molar-refractivity contribution in [2.45, 2.75) is 19.4 Å². The molecule has 0 saturated carbocycles. The minimum atomic E-state index is -0.472. The number of hydrogen-bond acceptors (Lipinski definition) is 5. The van der Waals surface area contributed by atoms with E-state index in [2.05, 4.69) is 16.3 Å². The number of nitriles is 1. The summed E-state index contributed by atoms with van der Waals surface area (Å²) in [7, 11) is 0. The smallest absolute Gasteiger partial charge is 0.244 e. The number of aromatic amines is 1. The molecule has 1 aromatic heterocycles. The lowest BCUT2D eigenvalue weighted by Crippen LogP contribution is -2.21. The Labute approximate surface area is 171 Å². The number of halogens is 2. The number of nitrogens with two attached hydrogens (primary N) is 1. The van der Waals surface area contributed by atoms with Gasteiger partial charge in [-0.1, -0.05) is 35.9 Å². The van der Waals surface area contributed by atoms with Crippen LogP contribution < -0.4 is 15.2 Å². The first-order valence-corrected chi connectivity index (χ1v) is 9.15. The summed E-state index contributed by atoms with van der Waals surface area (Å²) in [6.45, 7) is 1.89. The highest BCUT2D eigenvalue weighted by atomic mass is 35.5. The first-order chi connectivity index (χ1) is 14.0. The zero-order chi connectivity index (χ0) is 20.5. The topological polar surface area (TPSA) is 97.0 Å². The maximum atomic E-state index is 13.8. The van der Waals surface area contributed by atoms with Crippen LogP contribution in [0.15, 0.2) is 53.9 Å². The molecule has 2 aromatic carbocycles. The van der Waals surface area contributed by atoms with E-state index in [1.807, 2.05) is 6.92 Å². The Morgan fingerprint density at radius 1 is 1.34 bits per heavy atom. The third-order valence-electron chi connectivity index (χ3n) is 4.76. The van der Waals surface area contributed by atoms with Crippen molar-refractivity contribution >= 4 is 11.6 Å². The van der Waals surface area contributed by atoms with E-state index in [0.717, 1.165) is 16.8 Å². The highest BCUT2D eigenvalue weighted by Crippen LogP contribution is 2.43. The molecule has 3 N–H and O–H groups in total. The molecule has 6 nitrogen and oxygen atoms in total. The summed E-state index contributed by atoms with van der Waals surface area (Å²) in [5.74, 6) is -0.0665. The van der Waals surface area contributed by atoms with Crippen molar-refractivity contribution < 1.29 is 13.9 Å². The van der Waals surface area contributed by atoms with Crippen LogP contribution in [0.4, 0.5) is 4.39 Å². The molecule has 0 spiro atoms. The van der Waals surface area contributed by atoms with Crippen LogP contribution in [0.5, 0.6) is 11.6 Å². The van der Waals surface area contributed by atoms with Gasteiger partial charge in [-0.2, -0.15) is 5.26 Å². The highest BCUT2D eigenvalue weighted by Gasteiger charge is 2.34. The molecule has 0 aliphatic carbocycles. The average Bonchev–Trinajstić information content (AvgIpc) is 3.07. The van der Waals surface area contributed by atoms with Gasteiger partial charge in [0.1, 0.15) is 29.8 Å². The number of ether oxygens (including phenoxy) is 2. The minimum absolute atomic E-state index is 0.00695. The van der Waals surface area contributed by atoms with Gasteiger partial charge in [-0.05, 0) is 30.7 Å². The second kappa shape index (κ2) is 7.49. The number of nitrogens with zero attached hydrogens (tertiary/aromatic N) is 2. The summed E-state index contributed by atoms with van der Waals surface area (Å²) in [4.78, 5) is 0. The molecule has 8 heteroatoms. The van der Waals surface area contributed by atoms with Crippen molar-refractivity contribution in [2.75, 3.05) is 0 Å². The number of allylic oxidation sites excluding steroid dienone is 1. The van der Waals surface area contributed by atoms with E-state index < -0.39 is 5.92 Å². The molecular formula is C21H16ClFN4O2. The van der Waals surface area contributed by atoms with E-state index in [1.165, 1.54) is 6.07 Å². The Morgan fingerprint density at radius 3 is 2.86 bits per heavy atom. The van der Waals surface area contributed by atoms with Gasteiger partial charge < -0.3 is 15.2 Å². The maximum absolute atomic E-state index is 13.8. The van der Waals surface area contributed by atoms with Crippen LogP contribution in [0.25, 0.3) is 0 Å². The van der Waals surface area contributed by atoms with E-state index in [1.54, 1.807) is 36.4 Å². The normalized spacial score (nSPS) is 15.4. The van der Waals surface area contributed by atoms with Gasteiger partial charge in [-0.3, -0.25) is 5.10 Å². The summed E-state index contributed by atoms with van der Waals surface area (Å²) >= 11 is 6.42. The second-order valence-corrected chi connectivity index (χ2v) is 6.97. The molecule has 4 rings (SSSR count). The Bertz CT molecular complexity index is 1170. The summed E-state index contributed by atoms with van der Waals surface area (Å²) in [6.07, 6.45) is 0. The molecular weight excluding hydrogens is 395 g/mol. The molecule has 146 valence electrons. The summed E-state index contributed by atoms with van der Waals surface area (Å²) in [6, 6.07) is 13.7. The summed E-state index contributed by atoms with van der Waals surface area (Å²) in [5, 5.41) is 16.9. The van der Waals surface area contributed by atoms with Gasteiger partial charge >= 0.3 is 0 Å². The molecule has 1 aliphatic rings. The minimum Gasteiger partial charge on any atom is -0.487 e. The van der Waals surface area contributed by atoms with Crippen molar-refractivity contribution in [3.05, 3.63) is 87.1 Å². The largest absolute Gasteiger partial charge is 0.487 e. The van der Waals surface area contributed by atoms with Crippen molar-refractivity contribution in [3.63, 3.8) is 0 Å². The summed E-state index contributed by atoms with van der Waals surface area (Å²) < 4.78 is 24.9. The van der Waals surface area contributed by atoms with Crippen LogP contribution in [0.2, 0.25) is 5.02 Å². The first kappa shape index (κ1) is 18.8. The Kier molecular flexibility index (Phi) is 4.87. The molecule has 0 unspecified atom stereocenters. The Morgan fingerprint density at radius 2 is 2.14 bits per heavy atom. The molecule has 0 radical (unpaired) electrons. The Hall–Kier alpha value is -3.50. The molecule has 29 heavy (non-hydrogen) atoms. The van der Waals surface area contributed by atoms with E-state index in [-0.39, 0.29) is 23.9 Å². The maximum Gasteiger partial charge on any atom is 0.244 e. The van der Waals surface area contributed by atoms with Gasteiger partial charge in [0.2, 0.25) is 11.8 Å². The number of nitrogens with one attached hydrogen (secondary N) is 1. The summed E-state index contributed by atoms with van der Waals surface area (Å²) in [5.41, 5.74) is 8.86. The van der Waals surface area contributed by atoms with Gasteiger partial charge in [0.15, 0.2) is 0 Å². The molecule has 2 heterocycles. The third kappa shape index (κ3) is 3.39. The molecule has 0 bridgehead atoms. The van der Waals surface area contributed by atoms with Crippen LogP contribution in [-0.2, 0) is 6.61 Å². The molecule has 1 aliphatic heterocycles. The monoisotopic (exact) mass is 410 g/mol. The van der Waals surface area contributed by atoms with Gasteiger partial charge in [0, 0.05) is 16.8 Å². The van der Waals surface area contributed by atoms with E-state index in [9.17, 15) is 9.65 Å². The predicted octanol–water partition coefficient (Wildman–Crippen LogP) is 4.31. The number of aryl methyl sites for hydroxylation is 1. The average molecular weight is 411 g/mol. The third-order valence-corrected chi connectivity index (χ3v) is 5.06. The second-order valence-electron chi connectivity index (χ2n) is 6.56.